The maximum absolute atomic E-state index is 15.2. The summed E-state index contributed by atoms with van der Waals surface area (Å²) in [5, 5.41) is 18.1. The molecule has 0 aliphatic carbocycles. The number of halogens is 2. The largest absolute Gasteiger partial charge is 0.507 e. The highest BCUT2D eigenvalue weighted by atomic mass is 19.1. The van der Waals surface area contributed by atoms with E-state index in [0.717, 1.165) is 35.1 Å². The summed E-state index contributed by atoms with van der Waals surface area (Å²) in [6, 6.07) is 8.38. The number of methoxy groups -OCH3 is 2. The van der Waals surface area contributed by atoms with Crippen LogP contribution in [0.15, 0.2) is 42.6 Å². The van der Waals surface area contributed by atoms with Crippen LogP contribution in [0.5, 0.6) is 17.2 Å². The normalized spacial score (nSPS) is 15.0. The first-order valence-electron chi connectivity index (χ1n) is 14.2. The van der Waals surface area contributed by atoms with E-state index in [1.54, 1.807) is 18.3 Å². The van der Waals surface area contributed by atoms with Crippen LogP contribution in [-0.2, 0) is 17.8 Å². The zero-order chi connectivity index (χ0) is 32.2. The zero-order valence-corrected chi connectivity index (χ0v) is 25.0. The summed E-state index contributed by atoms with van der Waals surface area (Å²) in [5.74, 6) is -3.68. The quantitative estimate of drug-likeness (QED) is 0.265. The number of nitrogens with one attached hydrogen (secondary N) is 1. The van der Waals surface area contributed by atoms with Crippen LogP contribution in [0.3, 0.4) is 0 Å². The number of hydrogen-bond donors (Lipinski definition) is 3. The standard InChI is InChI=1S/C24H27F2N5O4.C7H6O3/c1-4-30-21-14(11-27-23-16(21)9-15(28-23)13-29-5-7-35-8-6-29)12-31(24(30)32)22-19(25)17(33-2)10-18(34-3)20(22)26;8-6-4-2-1-3-5(6)7(9)10/h9-11H,4-8,12-13H2,1-3H3,(H,27,28);1-4,8H,(H,9,10). The van der Waals surface area contributed by atoms with E-state index < -0.39 is 29.3 Å². The molecule has 0 spiro atoms. The molecule has 2 amide bonds. The lowest BCUT2D eigenvalue weighted by atomic mass is 10.1. The predicted octanol–water partition coefficient (Wildman–Crippen LogP) is 4.75. The van der Waals surface area contributed by atoms with E-state index in [0.29, 0.717) is 43.2 Å². The van der Waals surface area contributed by atoms with Gasteiger partial charge >= 0.3 is 12.0 Å². The molecule has 3 N–H and O–H groups in total. The lowest BCUT2D eigenvalue weighted by molar-refractivity contribution is 0.0337. The van der Waals surface area contributed by atoms with Gasteiger partial charge in [-0.05, 0) is 25.1 Å². The molecule has 2 aliphatic rings. The predicted molar refractivity (Wildman–Crippen MR) is 161 cm³/mol. The fraction of sp³-hybridized carbons (Fsp3) is 0.323. The van der Waals surface area contributed by atoms with Gasteiger partial charge in [-0.25, -0.2) is 23.4 Å². The maximum Gasteiger partial charge on any atom is 0.339 e. The average Bonchev–Trinajstić information content (AvgIpc) is 3.45. The van der Waals surface area contributed by atoms with Gasteiger partial charge in [-0.1, -0.05) is 12.1 Å². The molecular weight excluding hydrogens is 592 g/mol. The van der Waals surface area contributed by atoms with Gasteiger partial charge in [0.2, 0.25) is 0 Å². The number of aromatic amines is 1. The van der Waals surface area contributed by atoms with E-state index in [1.807, 2.05) is 13.0 Å². The van der Waals surface area contributed by atoms with E-state index in [1.165, 1.54) is 31.3 Å². The van der Waals surface area contributed by atoms with Gasteiger partial charge in [0, 0.05) is 55.1 Å². The van der Waals surface area contributed by atoms with Crippen molar-refractivity contribution in [1.82, 2.24) is 14.9 Å². The number of aromatic hydroxyl groups is 1. The number of pyridine rings is 1. The molecule has 1 saturated heterocycles. The number of amides is 2. The van der Waals surface area contributed by atoms with Gasteiger partial charge in [-0.3, -0.25) is 14.7 Å². The lowest BCUT2D eigenvalue weighted by Crippen LogP contribution is -2.48. The lowest BCUT2D eigenvalue weighted by Gasteiger charge is -2.37. The van der Waals surface area contributed by atoms with Gasteiger partial charge in [0.25, 0.3) is 0 Å². The zero-order valence-electron chi connectivity index (χ0n) is 25.0. The van der Waals surface area contributed by atoms with Gasteiger partial charge in [-0.15, -0.1) is 0 Å². The van der Waals surface area contributed by atoms with Gasteiger partial charge in [-0.2, -0.15) is 0 Å². The third-order valence-corrected chi connectivity index (χ3v) is 7.59. The summed E-state index contributed by atoms with van der Waals surface area (Å²) in [6.07, 6.45) is 1.64. The number of fused-ring (bicyclic) bond motifs is 3. The Labute approximate surface area is 257 Å². The van der Waals surface area contributed by atoms with Gasteiger partial charge in [0.15, 0.2) is 23.1 Å². The van der Waals surface area contributed by atoms with Crippen molar-refractivity contribution in [3.63, 3.8) is 0 Å². The summed E-state index contributed by atoms with van der Waals surface area (Å²) in [7, 11) is 2.54. The molecule has 0 atom stereocenters. The topological polar surface area (TPSA) is 141 Å². The summed E-state index contributed by atoms with van der Waals surface area (Å²) in [4.78, 5) is 36.6. The number of carboxylic acid groups (broad SMARTS) is 1. The second-order valence-electron chi connectivity index (χ2n) is 10.3. The monoisotopic (exact) mass is 625 g/mol. The number of rotatable bonds is 7. The fourth-order valence-electron chi connectivity index (χ4n) is 5.39. The maximum atomic E-state index is 15.2. The number of urea groups is 1. The first kappa shape index (κ1) is 31.5. The van der Waals surface area contributed by atoms with Crippen molar-refractivity contribution in [2.45, 2.75) is 20.0 Å². The SMILES string of the molecule is CCN1C(=O)N(c2c(F)c(OC)cc(OC)c2F)Cc2cnc3[nH]c(CN4CCOCC4)cc3c21.O=C(O)c1ccccc1O. The van der Waals surface area contributed by atoms with Gasteiger partial charge < -0.3 is 29.4 Å². The van der Waals surface area contributed by atoms with Gasteiger partial charge in [0.1, 0.15) is 22.6 Å². The van der Waals surface area contributed by atoms with Crippen LogP contribution in [-0.4, -0.2) is 84.1 Å². The highest BCUT2D eigenvalue weighted by molar-refractivity contribution is 6.11. The number of benzene rings is 2. The Bertz CT molecular complexity index is 1700. The molecule has 2 aromatic heterocycles. The smallest absolute Gasteiger partial charge is 0.339 e. The number of aromatic carboxylic acids is 1. The number of nitrogens with zero attached hydrogens (tertiary/aromatic N) is 4. The molecule has 45 heavy (non-hydrogen) atoms. The van der Waals surface area contributed by atoms with Crippen molar-refractivity contribution in [2.75, 3.05) is 56.9 Å². The number of hydrogen-bond acceptors (Lipinski definition) is 8. The Morgan fingerprint density at radius 1 is 1.07 bits per heavy atom. The molecule has 0 unspecified atom stereocenters. The number of H-pyrrole nitrogens is 1. The van der Waals surface area contributed by atoms with Crippen LogP contribution < -0.4 is 19.3 Å². The summed E-state index contributed by atoms with van der Waals surface area (Å²) < 4.78 is 46.0. The second kappa shape index (κ2) is 13.4. The Hall–Kier alpha value is -4.95. The van der Waals surface area contributed by atoms with E-state index in [9.17, 15) is 9.59 Å². The fourth-order valence-corrected chi connectivity index (χ4v) is 5.39. The minimum absolute atomic E-state index is 0.0538. The number of carbonyl (C=O) groups is 2. The number of morpholine rings is 1. The number of carboxylic acids is 1. The molecule has 2 aromatic carbocycles. The molecule has 6 rings (SSSR count). The number of ether oxygens (including phenoxy) is 3. The Morgan fingerprint density at radius 3 is 2.31 bits per heavy atom. The minimum atomic E-state index is -1.11. The van der Waals surface area contributed by atoms with Crippen molar-refractivity contribution in [3.8, 4) is 17.2 Å². The van der Waals surface area contributed by atoms with Crippen molar-refractivity contribution in [3.05, 3.63) is 71.1 Å². The van der Waals surface area contributed by atoms with Crippen LogP contribution in [0.1, 0.15) is 28.5 Å². The van der Waals surface area contributed by atoms with E-state index in [2.05, 4.69) is 14.9 Å². The Morgan fingerprint density at radius 2 is 1.73 bits per heavy atom. The third kappa shape index (κ3) is 6.19. The van der Waals surface area contributed by atoms with Crippen LogP contribution in [0, 0.1) is 11.6 Å². The summed E-state index contributed by atoms with van der Waals surface area (Å²) >= 11 is 0. The molecule has 0 bridgehead atoms. The van der Waals surface area contributed by atoms with Crippen molar-refractivity contribution >= 4 is 34.4 Å². The molecule has 4 heterocycles. The van der Waals surface area contributed by atoms with Gasteiger partial charge in [0.05, 0.1) is 39.7 Å². The molecule has 4 aromatic rings. The van der Waals surface area contributed by atoms with Crippen LogP contribution in [0.2, 0.25) is 0 Å². The molecule has 238 valence electrons. The van der Waals surface area contributed by atoms with E-state index >= 15 is 8.78 Å². The third-order valence-electron chi connectivity index (χ3n) is 7.59. The molecule has 0 saturated carbocycles. The average molecular weight is 626 g/mol. The Balaban J connectivity index is 0.000000342. The first-order chi connectivity index (χ1) is 21.7. The van der Waals surface area contributed by atoms with Crippen LogP contribution in [0.25, 0.3) is 11.0 Å². The van der Waals surface area contributed by atoms with Crippen molar-refractivity contribution in [1.29, 1.82) is 0 Å². The van der Waals surface area contributed by atoms with Crippen LogP contribution in [0.4, 0.5) is 25.0 Å². The highest BCUT2D eigenvalue weighted by Gasteiger charge is 2.37. The van der Waals surface area contributed by atoms with E-state index in [-0.39, 0.29) is 29.4 Å². The first-order valence-corrected chi connectivity index (χ1v) is 14.2. The van der Waals surface area contributed by atoms with Crippen molar-refractivity contribution < 1.29 is 42.8 Å². The summed E-state index contributed by atoms with van der Waals surface area (Å²) in [6.45, 7) is 5.86. The molecule has 14 heteroatoms. The van der Waals surface area contributed by atoms with Crippen LogP contribution >= 0.6 is 0 Å². The van der Waals surface area contributed by atoms with Crippen molar-refractivity contribution in [2.24, 2.45) is 0 Å². The second-order valence-corrected chi connectivity index (χ2v) is 10.3. The molecule has 12 nitrogen and oxygen atoms in total. The molecule has 2 aliphatic heterocycles. The number of carbonyl (C=O) groups excluding carboxylic acids is 1. The Kier molecular flexibility index (Phi) is 9.34. The molecular formula is C31H33F2N5O7. The minimum Gasteiger partial charge on any atom is -0.507 e. The number of phenols is 1. The number of para-hydroxylation sites is 1. The molecule has 0 radical (unpaired) electrons. The number of anilines is 2. The number of aromatic nitrogens is 2. The van der Waals surface area contributed by atoms with E-state index in [4.69, 9.17) is 24.4 Å². The highest BCUT2D eigenvalue weighted by Crippen LogP contribution is 2.42. The summed E-state index contributed by atoms with van der Waals surface area (Å²) in [5.41, 5.74) is 2.42. The molecule has 1 fully saturated rings.